The Hall–Kier alpha value is -3.91. The van der Waals surface area contributed by atoms with Crippen LogP contribution in [0.4, 0.5) is 5.00 Å². The second-order valence-electron chi connectivity index (χ2n) is 9.01. The summed E-state index contributed by atoms with van der Waals surface area (Å²) in [6, 6.07) is 14.9. The number of carbonyl (C=O) groups is 2. The molecule has 7 nitrogen and oxygen atoms in total. The molecule has 2 aliphatic rings. The van der Waals surface area contributed by atoms with Gasteiger partial charge >= 0.3 is 0 Å². The number of ether oxygens (including phenoxy) is 2. The molecular weight excluding hydrogens is 462 g/mol. The number of nitrogens with one attached hydrogen (secondary N) is 1. The fourth-order valence-corrected chi connectivity index (χ4v) is 6.25. The molecule has 2 aromatic heterocycles. The van der Waals surface area contributed by atoms with Gasteiger partial charge in [-0.2, -0.15) is 0 Å². The van der Waals surface area contributed by atoms with E-state index in [4.69, 9.17) is 20.2 Å². The van der Waals surface area contributed by atoms with Crippen LogP contribution in [0, 0.1) is 5.92 Å². The Morgan fingerprint density at radius 1 is 1.11 bits per heavy atom. The number of para-hydroxylation sites is 1. The summed E-state index contributed by atoms with van der Waals surface area (Å²) in [7, 11) is 0. The maximum absolute atomic E-state index is 13.6. The summed E-state index contributed by atoms with van der Waals surface area (Å²) in [6.07, 6.45) is 2.70. The van der Waals surface area contributed by atoms with Crippen molar-refractivity contribution in [2.45, 2.75) is 26.2 Å². The predicted octanol–water partition coefficient (Wildman–Crippen LogP) is 5.17. The maximum Gasteiger partial charge on any atom is 0.257 e. The first-order valence-electron chi connectivity index (χ1n) is 11.5. The minimum Gasteiger partial charge on any atom is -0.454 e. The first-order chi connectivity index (χ1) is 17.0. The topological polar surface area (TPSA) is 104 Å². The first-order valence-corrected chi connectivity index (χ1v) is 12.3. The summed E-state index contributed by atoms with van der Waals surface area (Å²) in [4.78, 5) is 31.9. The molecule has 1 aliphatic carbocycles. The molecule has 6 rings (SSSR count). The summed E-state index contributed by atoms with van der Waals surface area (Å²) in [5.74, 6) is 1.06. The van der Waals surface area contributed by atoms with Crippen LogP contribution in [0.3, 0.4) is 0 Å². The van der Waals surface area contributed by atoms with Crippen molar-refractivity contribution in [2.75, 3.05) is 12.1 Å². The highest BCUT2D eigenvalue weighted by atomic mass is 32.1. The van der Waals surface area contributed by atoms with Crippen molar-refractivity contribution in [1.82, 2.24) is 4.98 Å². The van der Waals surface area contributed by atoms with Crippen LogP contribution in [-0.4, -0.2) is 23.6 Å². The quantitative estimate of drug-likeness (QED) is 0.415. The van der Waals surface area contributed by atoms with Crippen molar-refractivity contribution >= 4 is 39.1 Å². The Morgan fingerprint density at radius 3 is 2.80 bits per heavy atom. The van der Waals surface area contributed by atoms with Crippen LogP contribution in [-0.2, 0) is 12.8 Å². The highest BCUT2D eigenvalue weighted by molar-refractivity contribution is 7.17. The van der Waals surface area contributed by atoms with Crippen LogP contribution >= 0.6 is 11.3 Å². The van der Waals surface area contributed by atoms with Crippen molar-refractivity contribution in [2.24, 2.45) is 11.7 Å². The Balaban J connectivity index is 1.42. The average molecular weight is 486 g/mol. The van der Waals surface area contributed by atoms with E-state index in [0.717, 1.165) is 40.7 Å². The van der Waals surface area contributed by atoms with Crippen LogP contribution < -0.4 is 20.5 Å². The molecule has 0 spiro atoms. The van der Waals surface area contributed by atoms with E-state index in [1.54, 1.807) is 6.07 Å². The third kappa shape index (κ3) is 3.80. The molecule has 0 saturated carbocycles. The number of anilines is 1. The fraction of sp³-hybridized carbons (Fsp3) is 0.222. The number of amides is 2. The number of hydrogen-bond donors (Lipinski definition) is 2. The molecule has 8 heteroatoms. The minimum absolute atomic E-state index is 0.184. The fourth-order valence-electron chi connectivity index (χ4n) is 4.84. The summed E-state index contributed by atoms with van der Waals surface area (Å²) in [6.45, 7) is 2.38. The van der Waals surface area contributed by atoms with Gasteiger partial charge in [-0.1, -0.05) is 25.1 Å². The molecule has 1 unspecified atom stereocenters. The molecule has 1 aliphatic heterocycles. The van der Waals surface area contributed by atoms with Crippen molar-refractivity contribution in [3.05, 3.63) is 70.1 Å². The Bertz CT molecular complexity index is 1510. The zero-order valence-corrected chi connectivity index (χ0v) is 19.9. The lowest BCUT2D eigenvalue weighted by atomic mass is 9.88. The summed E-state index contributed by atoms with van der Waals surface area (Å²) >= 11 is 1.46. The molecule has 1 atom stereocenters. The Labute approximate surface area is 205 Å². The van der Waals surface area contributed by atoms with Gasteiger partial charge in [-0.25, -0.2) is 4.98 Å². The molecule has 0 bridgehead atoms. The molecule has 0 radical (unpaired) electrons. The molecule has 2 amide bonds. The van der Waals surface area contributed by atoms with Crippen molar-refractivity contribution < 1.29 is 19.1 Å². The number of carbonyl (C=O) groups excluding carboxylic acids is 2. The largest absolute Gasteiger partial charge is 0.454 e. The first kappa shape index (κ1) is 21.6. The van der Waals surface area contributed by atoms with E-state index >= 15 is 0 Å². The number of hydrogen-bond acceptors (Lipinski definition) is 6. The van der Waals surface area contributed by atoms with Gasteiger partial charge in [0.25, 0.3) is 11.8 Å². The third-order valence-electron chi connectivity index (χ3n) is 6.61. The SMILES string of the molecule is CC1CCc2c(sc(NC(=O)c3cc(-c4ccc5c(c4)OCO5)nc4ccccc34)c2C(N)=O)C1. The van der Waals surface area contributed by atoms with E-state index in [1.165, 1.54) is 11.3 Å². The molecule has 3 N–H and O–H groups in total. The normalized spacial score (nSPS) is 16.2. The molecule has 2 aromatic carbocycles. The lowest BCUT2D eigenvalue weighted by Gasteiger charge is -2.18. The molecule has 176 valence electrons. The number of nitrogens with zero attached hydrogens (tertiary/aromatic N) is 1. The molecule has 4 aromatic rings. The number of rotatable bonds is 4. The highest BCUT2D eigenvalue weighted by Gasteiger charge is 2.28. The second-order valence-corrected chi connectivity index (χ2v) is 10.1. The van der Waals surface area contributed by atoms with Crippen molar-refractivity contribution in [3.8, 4) is 22.8 Å². The zero-order valence-electron chi connectivity index (χ0n) is 19.1. The maximum atomic E-state index is 13.6. The lowest BCUT2D eigenvalue weighted by Crippen LogP contribution is -2.19. The monoisotopic (exact) mass is 485 g/mol. The average Bonchev–Trinajstić information content (AvgIpc) is 3.46. The smallest absolute Gasteiger partial charge is 0.257 e. The molecule has 3 heterocycles. The number of thiophene rings is 1. The van der Waals surface area contributed by atoms with Crippen molar-refractivity contribution in [3.63, 3.8) is 0 Å². The van der Waals surface area contributed by atoms with E-state index in [9.17, 15) is 9.59 Å². The summed E-state index contributed by atoms with van der Waals surface area (Å²) in [5, 5.41) is 4.25. The molecular formula is C27H23N3O4S. The molecule has 35 heavy (non-hydrogen) atoms. The van der Waals surface area contributed by atoms with E-state index in [-0.39, 0.29) is 12.7 Å². The van der Waals surface area contributed by atoms with Crippen molar-refractivity contribution in [1.29, 1.82) is 0 Å². The number of nitrogens with two attached hydrogens (primary N) is 1. The van der Waals surface area contributed by atoms with Crippen LogP contribution in [0.15, 0.2) is 48.5 Å². The van der Waals surface area contributed by atoms with Crippen LogP contribution in [0.25, 0.3) is 22.2 Å². The zero-order chi connectivity index (χ0) is 24.1. The van der Waals surface area contributed by atoms with Gasteiger partial charge in [-0.3, -0.25) is 9.59 Å². The van der Waals surface area contributed by atoms with Gasteiger partial charge in [-0.15, -0.1) is 11.3 Å². The van der Waals surface area contributed by atoms with Crippen LogP contribution in [0.5, 0.6) is 11.5 Å². The number of pyridine rings is 1. The lowest BCUT2D eigenvalue weighted by molar-refractivity contribution is 0.1000. The summed E-state index contributed by atoms with van der Waals surface area (Å²) < 4.78 is 10.9. The van der Waals surface area contributed by atoms with Crippen LogP contribution in [0.1, 0.15) is 44.5 Å². The van der Waals surface area contributed by atoms with Gasteiger partial charge in [0.1, 0.15) is 5.00 Å². The highest BCUT2D eigenvalue weighted by Crippen LogP contribution is 2.40. The van der Waals surface area contributed by atoms with Gasteiger partial charge < -0.3 is 20.5 Å². The number of aromatic nitrogens is 1. The molecule has 0 fully saturated rings. The van der Waals surface area contributed by atoms with Gasteiger partial charge in [-0.05, 0) is 61.1 Å². The van der Waals surface area contributed by atoms with E-state index in [0.29, 0.717) is 44.8 Å². The van der Waals surface area contributed by atoms with Crippen LogP contribution in [0.2, 0.25) is 0 Å². The van der Waals surface area contributed by atoms with E-state index < -0.39 is 5.91 Å². The minimum atomic E-state index is -0.506. The Kier molecular flexibility index (Phi) is 5.18. The Morgan fingerprint density at radius 2 is 1.94 bits per heavy atom. The van der Waals surface area contributed by atoms with E-state index in [1.807, 2.05) is 42.5 Å². The standard InChI is InChI=1S/C27H23N3O4S/c1-14-6-8-17-23(10-14)35-27(24(17)25(28)31)30-26(32)18-12-20(29-19-5-3-2-4-16(18)19)15-7-9-21-22(11-15)34-13-33-21/h2-5,7,9,11-12,14H,6,8,10,13H2,1H3,(H2,28,31)(H,30,32). The van der Waals surface area contributed by atoms with E-state index in [2.05, 4.69) is 12.2 Å². The number of primary amides is 1. The van der Waals surface area contributed by atoms with Gasteiger partial charge in [0, 0.05) is 15.8 Å². The van der Waals surface area contributed by atoms with Gasteiger partial charge in [0.2, 0.25) is 6.79 Å². The molecule has 0 saturated heterocycles. The second kappa shape index (κ2) is 8.39. The van der Waals surface area contributed by atoms with Gasteiger partial charge in [0.15, 0.2) is 11.5 Å². The summed E-state index contributed by atoms with van der Waals surface area (Å²) in [5.41, 5.74) is 9.80. The van der Waals surface area contributed by atoms with Gasteiger partial charge in [0.05, 0.1) is 22.3 Å². The third-order valence-corrected chi connectivity index (χ3v) is 7.78. The number of fused-ring (bicyclic) bond motifs is 3. The predicted molar refractivity (Wildman–Crippen MR) is 135 cm³/mol. The number of benzene rings is 2.